The molecule has 0 atom stereocenters. The molecule has 0 bridgehead atoms. The summed E-state index contributed by atoms with van der Waals surface area (Å²) in [6.07, 6.45) is 2.56. The van der Waals surface area contributed by atoms with Crippen molar-refractivity contribution >= 4 is 28.1 Å². The van der Waals surface area contributed by atoms with Crippen molar-refractivity contribution in [3.8, 4) is 5.75 Å². The Hall–Kier alpha value is -2.14. The number of nitrogens with one attached hydrogen (secondary N) is 1. The number of aryl methyl sites for hydroxylation is 1. The lowest BCUT2D eigenvalue weighted by atomic mass is 10.2. The molecule has 22 heavy (non-hydrogen) atoms. The normalized spacial score (nSPS) is 10.6. The predicted octanol–water partition coefficient (Wildman–Crippen LogP) is 3.54. The highest BCUT2D eigenvalue weighted by Crippen LogP contribution is 2.13. The number of nitrogens with zero attached hydrogens (tertiary/aromatic N) is 1. The SMILES string of the molecule is CCc1ccc(OCC(=O)N/N=C/c2ccccc2Br)cc1. The van der Waals surface area contributed by atoms with E-state index in [9.17, 15) is 4.79 Å². The molecule has 0 aliphatic heterocycles. The number of ether oxygens (including phenoxy) is 1. The van der Waals surface area contributed by atoms with Gasteiger partial charge in [-0.25, -0.2) is 5.43 Å². The van der Waals surface area contributed by atoms with Gasteiger partial charge in [0, 0.05) is 10.0 Å². The van der Waals surface area contributed by atoms with Crippen LogP contribution in [0.4, 0.5) is 0 Å². The second-order valence-corrected chi connectivity index (χ2v) is 5.46. The second kappa shape index (κ2) is 8.34. The molecule has 4 nitrogen and oxygen atoms in total. The number of carbonyl (C=O) groups excluding carboxylic acids is 1. The maximum atomic E-state index is 11.7. The van der Waals surface area contributed by atoms with E-state index in [1.54, 1.807) is 6.21 Å². The molecule has 0 heterocycles. The van der Waals surface area contributed by atoms with E-state index >= 15 is 0 Å². The van der Waals surface area contributed by atoms with Crippen LogP contribution in [0.2, 0.25) is 0 Å². The van der Waals surface area contributed by atoms with Gasteiger partial charge in [-0.15, -0.1) is 0 Å². The van der Waals surface area contributed by atoms with Crippen LogP contribution in [-0.4, -0.2) is 18.7 Å². The first kappa shape index (κ1) is 16.2. The highest BCUT2D eigenvalue weighted by molar-refractivity contribution is 9.10. The molecule has 0 radical (unpaired) electrons. The lowest BCUT2D eigenvalue weighted by Crippen LogP contribution is -2.24. The number of benzene rings is 2. The van der Waals surface area contributed by atoms with Crippen molar-refractivity contribution in [3.05, 3.63) is 64.1 Å². The Morgan fingerprint density at radius 2 is 1.95 bits per heavy atom. The molecular formula is C17H17BrN2O2. The molecule has 0 aliphatic carbocycles. The van der Waals surface area contributed by atoms with Gasteiger partial charge in [0.1, 0.15) is 5.75 Å². The molecule has 2 rings (SSSR count). The Morgan fingerprint density at radius 1 is 1.23 bits per heavy atom. The summed E-state index contributed by atoms with van der Waals surface area (Å²) >= 11 is 3.41. The third kappa shape index (κ3) is 5.00. The Balaban J connectivity index is 1.79. The maximum absolute atomic E-state index is 11.7. The highest BCUT2D eigenvalue weighted by atomic mass is 79.9. The van der Waals surface area contributed by atoms with E-state index in [1.165, 1.54) is 5.56 Å². The van der Waals surface area contributed by atoms with Crippen LogP contribution in [0.5, 0.6) is 5.75 Å². The van der Waals surface area contributed by atoms with Gasteiger partial charge in [0.25, 0.3) is 5.91 Å². The molecule has 2 aromatic carbocycles. The summed E-state index contributed by atoms with van der Waals surface area (Å²) in [4.78, 5) is 11.7. The summed E-state index contributed by atoms with van der Waals surface area (Å²) in [7, 11) is 0. The first-order chi connectivity index (χ1) is 10.7. The fourth-order valence-corrected chi connectivity index (χ4v) is 2.14. The standard InChI is InChI=1S/C17H17BrN2O2/c1-2-13-7-9-15(10-8-13)22-12-17(21)20-19-11-14-5-3-4-6-16(14)18/h3-11H,2,12H2,1H3,(H,20,21)/b19-11+. The van der Waals surface area contributed by atoms with Gasteiger partial charge in [-0.1, -0.05) is 53.2 Å². The lowest BCUT2D eigenvalue weighted by molar-refractivity contribution is -0.123. The monoisotopic (exact) mass is 360 g/mol. The van der Waals surface area contributed by atoms with Crippen molar-refractivity contribution in [1.82, 2.24) is 5.43 Å². The highest BCUT2D eigenvalue weighted by Gasteiger charge is 2.01. The molecule has 114 valence electrons. The topological polar surface area (TPSA) is 50.7 Å². The molecule has 0 aliphatic rings. The van der Waals surface area contributed by atoms with Crippen molar-refractivity contribution in [2.24, 2.45) is 5.10 Å². The number of hydrogen-bond donors (Lipinski definition) is 1. The summed E-state index contributed by atoms with van der Waals surface area (Å²) in [5.74, 6) is 0.366. The molecule has 0 unspecified atom stereocenters. The Morgan fingerprint density at radius 3 is 2.64 bits per heavy atom. The van der Waals surface area contributed by atoms with E-state index in [0.717, 1.165) is 16.5 Å². The smallest absolute Gasteiger partial charge is 0.277 e. The molecule has 0 saturated carbocycles. The van der Waals surface area contributed by atoms with E-state index in [2.05, 4.69) is 33.4 Å². The summed E-state index contributed by atoms with van der Waals surface area (Å²) < 4.78 is 6.32. The number of hydrogen-bond acceptors (Lipinski definition) is 3. The first-order valence-corrected chi connectivity index (χ1v) is 7.76. The van der Waals surface area contributed by atoms with Crippen molar-refractivity contribution in [3.63, 3.8) is 0 Å². The minimum absolute atomic E-state index is 0.0707. The number of carbonyl (C=O) groups is 1. The van der Waals surface area contributed by atoms with Crippen LogP contribution >= 0.6 is 15.9 Å². The van der Waals surface area contributed by atoms with Crippen LogP contribution in [0.25, 0.3) is 0 Å². The van der Waals surface area contributed by atoms with Crippen LogP contribution in [0, 0.1) is 0 Å². The van der Waals surface area contributed by atoms with E-state index in [0.29, 0.717) is 5.75 Å². The minimum atomic E-state index is -0.303. The van der Waals surface area contributed by atoms with Gasteiger partial charge in [-0.2, -0.15) is 5.10 Å². The van der Waals surface area contributed by atoms with Gasteiger partial charge in [0.2, 0.25) is 0 Å². The summed E-state index contributed by atoms with van der Waals surface area (Å²) in [5.41, 5.74) is 4.56. The van der Waals surface area contributed by atoms with Gasteiger partial charge in [0.05, 0.1) is 6.21 Å². The van der Waals surface area contributed by atoms with Crippen LogP contribution in [-0.2, 0) is 11.2 Å². The molecule has 5 heteroatoms. The Bertz CT molecular complexity index is 654. The molecule has 0 spiro atoms. The summed E-state index contributed by atoms with van der Waals surface area (Å²) in [6.45, 7) is 2.02. The van der Waals surface area contributed by atoms with E-state index in [4.69, 9.17) is 4.74 Å². The van der Waals surface area contributed by atoms with E-state index in [1.807, 2.05) is 48.5 Å². The zero-order valence-electron chi connectivity index (χ0n) is 12.3. The zero-order chi connectivity index (χ0) is 15.8. The van der Waals surface area contributed by atoms with Gasteiger partial charge in [0.15, 0.2) is 6.61 Å². The summed E-state index contributed by atoms with van der Waals surface area (Å²) in [6, 6.07) is 15.3. The van der Waals surface area contributed by atoms with Crippen molar-refractivity contribution < 1.29 is 9.53 Å². The maximum Gasteiger partial charge on any atom is 0.277 e. The lowest BCUT2D eigenvalue weighted by Gasteiger charge is -2.05. The Kier molecular flexibility index (Phi) is 6.15. The molecule has 0 fully saturated rings. The van der Waals surface area contributed by atoms with Crippen LogP contribution in [0.1, 0.15) is 18.1 Å². The molecule has 0 aromatic heterocycles. The fourth-order valence-electron chi connectivity index (χ4n) is 1.76. The first-order valence-electron chi connectivity index (χ1n) is 6.97. The van der Waals surface area contributed by atoms with Gasteiger partial charge < -0.3 is 4.74 Å². The van der Waals surface area contributed by atoms with Crippen LogP contribution < -0.4 is 10.2 Å². The largest absolute Gasteiger partial charge is 0.484 e. The Labute approximate surface area is 138 Å². The quantitative estimate of drug-likeness (QED) is 0.632. The number of rotatable bonds is 6. The van der Waals surface area contributed by atoms with E-state index < -0.39 is 0 Å². The van der Waals surface area contributed by atoms with Gasteiger partial charge in [-0.05, 0) is 30.2 Å². The molecule has 1 N–H and O–H groups in total. The average molecular weight is 361 g/mol. The second-order valence-electron chi connectivity index (χ2n) is 4.60. The molecule has 0 saturated heterocycles. The average Bonchev–Trinajstić information content (AvgIpc) is 2.55. The zero-order valence-corrected chi connectivity index (χ0v) is 13.8. The molecular weight excluding hydrogens is 344 g/mol. The van der Waals surface area contributed by atoms with Crippen molar-refractivity contribution in [1.29, 1.82) is 0 Å². The molecule has 1 amide bonds. The minimum Gasteiger partial charge on any atom is -0.484 e. The van der Waals surface area contributed by atoms with Crippen molar-refractivity contribution in [2.45, 2.75) is 13.3 Å². The van der Waals surface area contributed by atoms with Crippen LogP contribution in [0.3, 0.4) is 0 Å². The van der Waals surface area contributed by atoms with Crippen LogP contribution in [0.15, 0.2) is 58.1 Å². The van der Waals surface area contributed by atoms with Gasteiger partial charge in [-0.3, -0.25) is 4.79 Å². The molecule has 2 aromatic rings. The van der Waals surface area contributed by atoms with E-state index in [-0.39, 0.29) is 12.5 Å². The fraction of sp³-hybridized carbons (Fsp3) is 0.176. The summed E-state index contributed by atoms with van der Waals surface area (Å²) in [5, 5.41) is 3.91. The van der Waals surface area contributed by atoms with Crippen molar-refractivity contribution in [2.75, 3.05) is 6.61 Å². The third-order valence-electron chi connectivity index (χ3n) is 3.00. The third-order valence-corrected chi connectivity index (χ3v) is 3.72. The predicted molar refractivity (Wildman–Crippen MR) is 91.2 cm³/mol. The number of halogens is 1. The van der Waals surface area contributed by atoms with Gasteiger partial charge >= 0.3 is 0 Å². The number of amides is 1. The number of hydrazone groups is 1.